The first-order valence-electron chi connectivity index (χ1n) is 14.8. The second-order valence-electron chi connectivity index (χ2n) is 11.3. The molecule has 282 valence electrons. The maximum atomic E-state index is 13.9. The molecular weight excluding hydrogens is 739 g/mol. The van der Waals surface area contributed by atoms with E-state index in [-0.39, 0.29) is 40.5 Å². The predicted octanol–water partition coefficient (Wildman–Crippen LogP) is 8.54. The smallest absolute Gasteiger partial charge is 0.466 e. The van der Waals surface area contributed by atoms with E-state index >= 15 is 0 Å². The standard InChI is InChI=1S/C17H14F5N3O2.C15H10F6N4O/c1-16(18,19)14-6-24-15-7-23-13(8-25(14)15)12-4-3-11(27-17(20,21)22)5-10(12)9-26-2;1-14(17,18)11-4-23-12-5-22-10(6-25(11)12)8-2-9(16)13(24-3-8)26-7-15(19,20)21/h3-8H,9H2,1-2H3;2-6H,7H2,1H3. The van der Waals surface area contributed by atoms with Crippen molar-refractivity contribution in [3.63, 3.8) is 0 Å². The zero-order valence-corrected chi connectivity index (χ0v) is 27.3. The van der Waals surface area contributed by atoms with Gasteiger partial charge in [0.25, 0.3) is 17.7 Å². The van der Waals surface area contributed by atoms with Gasteiger partial charge in [-0.2, -0.15) is 30.7 Å². The van der Waals surface area contributed by atoms with Crippen molar-refractivity contribution in [2.24, 2.45) is 0 Å². The Morgan fingerprint density at radius 2 is 1.25 bits per heavy atom. The first kappa shape index (κ1) is 38.6. The Hall–Kier alpha value is -5.60. The first-order chi connectivity index (χ1) is 24.6. The lowest BCUT2D eigenvalue weighted by atomic mass is 10.0. The van der Waals surface area contributed by atoms with Crippen LogP contribution in [0.15, 0.2) is 67.6 Å². The highest BCUT2D eigenvalue weighted by Crippen LogP contribution is 2.33. The number of methoxy groups -OCH3 is 1. The highest BCUT2D eigenvalue weighted by molar-refractivity contribution is 5.65. The molecule has 6 rings (SSSR count). The Balaban J connectivity index is 0.000000204. The number of fused-ring (bicyclic) bond motifs is 2. The van der Waals surface area contributed by atoms with Crippen LogP contribution >= 0.6 is 0 Å². The summed E-state index contributed by atoms with van der Waals surface area (Å²) in [5, 5.41) is 0. The predicted molar refractivity (Wildman–Crippen MR) is 163 cm³/mol. The molecule has 0 unspecified atom stereocenters. The summed E-state index contributed by atoms with van der Waals surface area (Å²) in [4.78, 5) is 19.3. The third kappa shape index (κ3) is 9.45. The van der Waals surface area contributed by atoms with Crippen LogP contribution in [0.25, 0.3) is 33.8 Å². The number of hydrogen-bond donors (Lipinski definition) is 0. The summed E-state index contributed by atoms with van der Waals surface area (Å²) >= 11 is 0. The molecule has 0 N–H and O–H groups in total. The Morgan fingerprint density at radius 3 is 1.75 bits per heavy atom. The van der Waals surface area contributed by atoms with Gasteiger partial charge in [-0.3, -0.25) is 18.8 Å². The molecule has 0 radical (unpaired) electrons. The Labute approximate surface area is 290 Å². The van der Waals surface area contributed by atoms with Crippen LogP contribution in [0.5, 0.6) is 11.6 Å². The maximum absolute atomic E-state index is 13.9. The van der Waals surface area contributed by atoms with E-state index < -0.39 is 54.1 Å². The van der Waals surface area contributed by atoms with E-state index in [0.29, 0.717) is 18.1 Å². The average molecular weight is 764 g/mol. The van der Waals surface area contributed by atoms with E-state index in [9.17, 15) is 48.3 Å². The quantitative estimate of drug-likeness (QED) is 0.135. The summed E-state index contributed by atoms with van der Waals surface area (Å²) < 4.78 is 158. The molecular formula is C32H24F11N7O3. The molecule has 0 saturated heterocycles. The van der Waals surface area contributed by atoms with Crippen LogP contribution in [0.1, 0.15) is 30.8 Å². The Morgan fingerprint density at radius 1 is 0.679 bits per heavy atom. The number of ether oxygens (including phenoxy) is 3. The number of nitrogens with zero attached hydrogens (tertiary/aromatic N) is 7. The van der Waals surface area contributed by atoms with Crippen LogP contribution in [0.2, 0.25) is 0 Å². The number of benzene rings is 1. The Kier molecular flexibility index (Phi) is 10.5. The van der Waals surface area contributed by atoms with Gasteiger partial charge in [-0.15, -0.1) is 13.2 Å². The second-order valence-corrected chi connectivity index (χ2v) is 11.3. The van der Waals surface area contributed by atoms with Gasteiger partial charge in [-0.05, 0) is 29.8 Å². The topological polar surface area (TPSA) is 101 Å². The van der Waals surface area contributed by atoms with Gasteiger partial charge in [-0.1, -0.05) is 0 Å². The Bertz CT molecular complexity index is 2220. The monoisotopic (exact) mass is 763 g/mol. The van der Waals surface area contributed by atoms with Gasteiger partial charge in [0.15, 0.2) is 23.7 Å². The summed E-state index contributed by atoms with van der Waals surface area (Å²) in [6, 6.07) is 4.51. The molecule has 1 aromatic carbocycles. The molecule has 0 aliphatic rings. The van der Waals surface area contributed by atoms with Gasteiger partial charge >= 0.3 is 12.5 Å². The molecule has 0 fully saturated rings. The highest BCUT2D eigenvalue weighted by Gasteiger charge is 2.33. The minimum absolute atomic E-state index is 0.0230. The number of halogens is 11. The summed E-state index contributed by atoms with van der Waals surface area (Å²) in [5.74, 6) is -8.67. The van der Waals surface area contributed by atoms with E-state index in [1.807, 2.05) is 0 Å². The molecule has 0 spiro atoms. The zero-order chi connectivity index (χ0) is 38.9. The van der Waals surface area contributed by atoms with Crippen molar-refractivity contribution >= 4 is 11.3 Å². The van der Waals surface area contributed by atoms with Crippen LogP contribution in [-0.4, -0.2) is 60.0 Å². The SMILES string of the molecule is CC(F)(F)c1cnc2cnc(-c3cnc(OCC(F)(F)F)c(F)c3)cn12.COCc1cc(OC(F)(F)F)ccc1-c1cn2c(C(C)(F)F)cnc2cn1. The molecule has 21 heteroatoms. The minimum Gasteiger partial charge on any atom is -0.466 e. The van der Waals surface area contributed by atoms with E-state index in [0.717, 1.165) is 42.0 Å². The fourth-order valence-corrected chi connectivity index (χ4v) is 4.83. The summed E-state index contributed by atoms with van der Waals surface area (Å²) in [5.41, 5.74) is 0.864. The van der Waals surface area contributed by atoms with Crippen LogP contribution in [0.4, 0.5) is 48.3 Å². The average Bonchev–Trinajstić information content (AvgIpc) is 3.68. The first-order valence-corrected chi connectivity index (χ1v) is 14.8. The van der Waals surface area contributed by atoms with Crippen molar-refractivity contribution in [2.45, 2.75) is 44.8 Å². The van der Waals surface area contributed by atoms with Crippen LogP contribution in [0.3, 0.4) is 0 Å². The van der Waals surface area contributed by atoms with Crippen molar-refractivity contribution in [1.82, 2.24) is 33.7 Å². The molecule has 0 atom stereocenters. The molecule has 5 heterocycles. The second kappa shape index (κ2) is 14.4. The highest BCUT2D eigenvalue weighted by atomic mass is 19.4. The summed E-state index contributed by atoms with van der Waals surface area (Å²) in [6.45, 7) is -0.268. The van der Waals surface area contributed by atoms with Gasteiger partial charge in [0.05, 0.1) is 42.8 Å². The zero-order valence-electron chi connectivity index (χ0n) is 27.3. The van der Waals surface area contributed by atoms with Crippen molar-refractivity contribution in [1.29, 1.82) is 0 Å². The van der Waals surface area contributed by atoms with Gasteiger partial charge in [0, 0.05) is 50.7 Å². The normalized spacial score (nSPS) is 12.6. The molecule has 6 aromatic rings. The van der Waals surface area contributed by atoms with Gasteiger partial charge < -0.3 is 14.2 Å². The third-order valence-electron chi connectivity index (χ3n) is 7.05. The van der Waals surface area contributed by atoms with E-state index in [1.165, 1.54) is 48.4 Å². The van der Waals surface area contributed by atoms with Crippen LogP contribution in [0, 0.1) is 5.82 Å². The largest absolute Gasteiger partial charge is 0.573 e. The van der Waals surface area contributed by atoms with E-state index in [4.69, 9.17) is 4.74 Å². The number of imidazole rings is 2. The van der Waals surface area contributed by atoms with Crippen LogP contribution in [-0.2, 0) is 23.2 Å². The van der Waals surface area contributed by atoms with Gasteiger partial charge in [0.1, 0.15) is 17.1 Å². The molecule has 0 amide bonds. The number of pyridine rings is 1. The van der Waals surface area contributed by atoms with Crippen molar-refractivity contribution in [3.8, 4) is 34.1 Å². The van der Waals surface area contributed by atoms with E-state index in [2.05, 4.69) is 34.4 Å². The van der Waals surface area contributed by atoms with Crippen LogP contribution < -0.4 is 9.47 Å². The minimum atomic E-state index is -4.83. The molecule has 5 aromatic heterocycles. The number of aromatic nitrogens is 7. The van der Waals surface area contributed by atoms with Gasteiger partial charge in [0.2, 0.25) is 0 Å². The third-order valence-corrected chi connectivity index (χ3v) is 7.05. The van der Waals surface area contributed by atoms with Crippen molar-refractivity contribution < 1.29 is 62.5 Å². The maximum Gasteiger partial charge on any atom is 0.573 e. The molecule has 0 aliphatic heterocycles. The lowest BCUT2D eigenvalue weighted by molar-refractivity contribution is -0.274. The summed E-state index contributed by atoms with van der Waals surface area (Å²) in [6.07, 6.45) is -1.31. The van der Waals surface area contributed by atoms with E-state index in [1.54, 1.807) is 0 Å². The van der Waals surface area contributed by atoms with Crippen molar-refractivity contribution in [2.75, 3.05) is 13.7 Å². The summed E-state index contributed by atoms with van der Waals surface area (Å²) in [7, 11) is 1.38. The molecule has 0 aliphatic carbocycles. The lowest BCUT2D eigenvalue weighted by Crippen LogP contribution is -2.20. The number of alkyl halides is 10. The fraction of sp³-hybridized carbons (Fsp3) is 0.281. The molecule has 0 saturated carbocycles. The number of hydrogen-bond acceptors (Lipinski definition) is 8. The molecule has 10 nitrogen and oxygen atoms in total. The van der Waals surface area contributed by atoms with Crippen molar-refractivity contribution in [3.05, 3.63) is 90.4 Å². The lowest BCUT2D eigenvalue weighted by Gasteiger charge is -2.14. The molecule has 53 heavy (non-hydrogen) atoms. The number of rotatable bonds is 9. The fourth-order valence-electron chi connectivity index (χ4n) is 4.83. The van der Waals surface area contributed by atoms with Gasteiger partial charge in [-0.25, -0.2) is 19.3 Å². The molecule has 0 bridgehead atoms.